The molecule has 0 spiro atoms. The number of hydrogen-bond donors (Lipinski definition) is 0. The highest BCUT2D eigenvalue weighted by Crippen LogP contribution is 2.68. The third-order valence-electron chi connectivity index (χ3n) is 6.78. The molecule has 0 radical (unpaired) electrons. The van der Waals surface area contributed by atoms with Crippen LogP contribution in [0.4, 0.5) is 13.6 Å². The second-order valence-corrected chi connectivity index (χ2v) is 9.84. The Morgan fingerprint density at radius 1 is 1.20 bits per heavy atom. The van der Waals surface area contributed by atoms with Crippen molar-refractivity contribution in [2.75, 3.05) is 7.05 Å². The Morgan fingerprint density at radius 2 is 1.83 bits per heavy atom. The molecular weight excluding hydrogens is 388 g/mol. The van der Waals surface area contributed by atoms with Crippen LogP contribution in [0.25, 0.3) is 11.3 Å². The summed E-state index contributed by atoms with van der Waals surface area (Å²) in [4.78, 5) is 14.6. The van der Waals surface area contributed by atoms with Gasteiger partial charge in [0.25, 0.3) is 0 Å². The highest BCUT2D eigenvalue weighted by molar-refractivity contribution is 5.71. The van der Waals surface area contributed by atoms with Crippen LogP contribution in [0, 0.1) is 17.0 Å². The predicted molar refractivity (Wildman–Crippen MR) is 109 cm³/mol. The van der Waals surface area contributed by atoms with Crippen LogP contribution in [0.5, 0.6) is 0 Å². The lowest BCUT2D eigenvalue weighted by Gasteiger charge is -2.45. The van der Waals surface area contributed by atoms with Gasteiger partial charge in [0.1, 0.15) is 17.2 Å². The average molecular weight is 415 g/mol. The van der Waals surface area contributed by atoms with Crippen LogP contribution >= 0.6 is 0 Å². The van der Waals surface area contributed by atoms with E-state index in [1.54, 1.807) is 18.0 Å². The summed E-state index contributed by atoms with van der Waals surface area (Å²) >= 11 is 0. The van der Waals surface area contributed by atoms with Gasteiger partial charge in [-0.15, -0.1) is 5.10 Å². The molecule has 2 bridgehead atoms. The summed E-state index contributed by atoms with van der Waals surface area (Å²) < 4.78 is 34.3. The van der Waals surface area contributed by atoms with Crippen molar-refractivity contribution in [3.8, 4) is 11.3 Å². The first kappa shape index (κ1) is 20.7. The molecule has 0 unspecified atom stereocenters. The topological polar surface area (TPSA) is 55.3 Å². The maximum atomic E-state index is 14.3. The van der Waals surface area contributed by atoms with Crippen molar-refractivity contribution in [2.45, 2.75) is 64.5 Å². The maximum Gasteiger partial charge on any atom is 0.410 e. The summed E-state index contributed by atoms with van der Waals surface area (Å²) in [5.41, 5.74) is -0.0576. The van der Waals surface area contributed by atoms with Crippen molar-refractivity contribution in [1.29, 1.82) is 0 Å². The number of ether oxygens (including phenoxy) is 1. The van der Waals surface area contributed by atoms with E-state index in [9.17, 15) is 13.6 Å². The smallest absolute Gasteiger partial charge is 0.410 e. The molecule has 160 valence electrons. The summed E-state index contributed by atoms with van der Waals surface area (Å²) in [5, 5.41) is 8.61. The van der Waals surface area contributed by atoms with Crippen molar-refractivity contribution >= 4 is 6.09 Å². The second-order valence-electron chi connectivity index (χ2n) is 9.84. The molecule has 2 atom stereocenters. The molecule has 2 aromatic rings. The zero-order valence-corrected chi connectivity index (χ0v) is 18.2. The monoisotopic (exact) mass is 415 g/mol. The van der Waals surface area contributed by atoms with Gasteiger partial charge in [0.05, 0.1) is 22.5 Å². The standard InChI is InChI=1S/C23H27F2N3O2/c1-21(2,3)30-20(29)28(6)23-11-10-14(22(23,4)5)13-12-17(26-27-19(13)23)18-15(24)8-7-9-16(18)25/h7-9,12,14H,10-11H2,1-6H3/t14-,23-/m1/s1. The molecule has 1 aromatic carbocycles. The molecule has 1 aromatic heterocycles. The summed E-state index contributed by atoms with van der Waals surface area (Å²) in [7, 11) is 1.74. The summed E-state index contributed by atoms with van der Waals surface area (Å²) in [6.07, 6.45) is 1.16. The van der Waals surface area contributed by atoms with Gasteiger partial charge in [0.2, 0.25) is 0 Å². The van der Waals surface area contributed by atoms with Crippen molar-refractivity contribution < 1.29 is 18.3 Å². The fourth-order valence-electron chi connectivity index (χ4n) is 5.40. The van der Waals surface area contributed by atoms with Gasteiger partial charge in [-0.3, -0.25) is 4.90 Å². The highest BCUT2D eigenvalue weighted by Gasteiger charge is 2.66. The first-order chi connectivity index (χ1) is 13.9. The van der Waals surface area contributed by atoms with Crippen LogP contribution in [0.3, 0.4) is 0 Å². The lowest BCUT2D eigenvalue weighted by atomic mass is 9.74. The van der Waals surface area contributed by atoms with Gasteiger partial charge < -0.3 is 4.74 Å². The van der Waals surface area contributed by atoms with Crippen LogP contribution in [0.1, 0.15) is 64.6 Å². The summed E-state index contributed by atoms with van der Waals surface area (Å²) in [6, 6.07) is 5.48. The molecule has 2 aliphatic rings. The number of halogens is 2. The largest absolute Gasteiger partial charge is 0.444 e. The highest BCUT2D eigenvalue weighted by atomic mass is 19.1. The Morgan fingerprint density at radius 3 is 2.43 bits per heavy atom. The molecular formula is C23H27F2N3O2. The Hall–Kier alpha value is -2.57. The van der Waals surface area contributed by atoms with E-state index in [1.807, 2.05) is 20.8 Å². The number of amides is 1. The van der Waals surface area contributed by atoms with E-state index < -0.39 is 28.9 Å². The fraction of sp³-hybridized carbons (Fsp3) is 0.522. The molecule has 1 fully saturated rings. The molecule has 2 aliphatic carbocycles. The number of rotatable bonds is 2. The van der Waals surface area contributed by atoms with Crippen LogP contribution < -0.4 is 0 Å². The molecule has 1 amide bonds. The normalized spacial score (nSPS) is 23.9. The Labute approximate surface area is 175 Å². The lowest BCUT2D eigenvalue weighted by molar-refractivity contribution is -0.0212. The molecule has 0 saturated heterocycles. The van der Waals surface area contributed by atoms with Crippen molar-refractivity contribution in [3.63, 3.8) is 0 Å². The molecule has 0 N–H and O–H groups in total. The quantitative estimate of drug-likeness (QED) is 0.659. The first-order valence-electron chi connectivity index (χ1n) is 10.2. The number of fused-ring (bicyclic) bond motifs is 5. The predicted octanol–water partition coefficient (Wildman–Crippen LogP) is 5.40. The summed E-state index contributed by atoms with van der Waals surface area (Å²) in [6.45, 7) is 9.71. The maximum absolute atomic E-state index is 14.3. The third kappa shape index (κ3) is 2.74. The molecule has 0 aliphatic heterocycles. The number of hydrogen-bond acceptors (Lipinski definition) is 4. The SMILES string of the molecule is CN(C(=O)OC(C)(C)C)[C@]12CC[C@H](c3cc(-c4c(F)cccc4F)nnc31)C2(C)C. The average Bonchev–Trinajstić information content (AvgIpc) is 3.01. The first-order valence-corrected chi connectivity index (χ1v) is 10.2. The molecule has 1 heterocycles. The van der Waals surface area contributed by atoms with E-state index in [0.29, 0.717) is 5.69 Å². The Bertz CT molecular complexity index is 1010. The van der Waals surface area contributed by atoms with E-state index >= 15 is 0 Å². The number of nitrogens with zero attached hydrogens (tertiary/aromatic N) is 3. The van der Waals surface area contributed by atoms with Gasteiger partial charge in [0.15, 0.2) is 0 Å². The molecule has 30 heavy (non-hydrogen) atoms. The van der Waals surface area contributed by atoms with Gasteiger partial charge >= 0.3 is 6.09 Å². The van der Waals surface area contributed by atoms with Gasteiger partial charge in [-0.1, -0.05) is 19.9 Å². The lowest BCUT2D eigenvalue weighted by Crippen LogP contribution is -2.53. The van der Waals surface area contributed by atoms with Crippen molar-refractivity contribution in [2.24, 2.45) is 5.41 Å². The fourth-order valence-corrected chi connectivity index (χ4v) is 5.40. The molecule has 5 nitrogen and oxygen atoms in total. The molecule has 1 saturated carbocycles. The van der Waals surface area contributed by atoms with Gasteiger partial charge in [-0.05, 0) is 63.3 Å². The zero-order valence-electron chi connectivity index (χ0n) is 18.2. The minimum Gasteiger partial charge on any atom is -0.444 e. The van der Waals surface area contributed by atoms with Crippen molar-refractivity contribution in [3.05, 3.63) is 47.2 Å². The van der Waals surface area contributed by atoms with Crippen LogP contribution in [0.15, 0.2) is 24.3 Å². The zero-order chi connectivity index (χ0) is 22.1. The van der Waals surface area contributed by atoms with E-state index in [2.05, 4.69) is 24.0 Å². The molecule has 7 heteroatoms. The summed E-state index contributed by atoms with van der Waals surface area (Å²) in [5.74, 6) is -1.25. The number of aromatic nitrogens is 2. The number of carbonyl (C=O) groups excluding carboxylic acids is 1. The number of benzene rings is 1. The van der Waals surface area contributed by atoms with E-state index in [-0.39, 0.29) is 22.6 Å². The molecule has 4 rings (SSSR count). The van der Waals surface area contributed by atoms with E-state index in [1.165, 1.54) is 18.2 Å². The van der Waals surface area contributed by atoms with Gasteiger partial charge in [0, 0.05) is 12.5 Å². The van der Waals surface area contributed by atoms with Crippen LogP contribution in [-0.4, -0.2) is 33.8 Å². The third-order valence-corrected chi connectivity index (χ3v) is 6.78. The van der Waals surface area contributed by atoms with Gasteiger partial charge in [-0.2, -0.15) is 5.10 Å². The van der Waals surface area contributed by atoms with E-state index in [0.717, 1.165) is 18.4 Å². The minimum atomic E-state index is -0.686. The second kappa shape index (κ2) is 6.46. The Balaban J connectivity index is 1.83. The Kier molecular flexibility index (Phi) is 4.46. The van der Waals surface area contributed by atoms with Crippen molar-refractivity contribution in [1.82, 2.24) is 15.1 Å². The van der Waals surface area contributed by atoms with Gasteiger partial charge in [-0.25, -0.2) is 13.6 Å². The van der Waals surface area contributed by atoms with E-state index in [4.69, 9.17) is 4.74 Å². The number of carbonyl (C=O) groups is 1. The van der Waals surface area contributed by atoms with Crippen LogP contribution in [-0.2, 0) is 10.3 Å². The minimum absolute atomic E-state index is 0.0986. The van der Waals surface area contributed by atoms with Crippen LogP contribution in [0.2, 0.25) is 0 Å².